The highest BCUT2D eigenvalue weighted by molar-refractivity contribution is 5.57. The molecule has 1 fully saturated rings. The first-order valence-electron chi connectivity index (χ1n) is 4.43. The monoisotopic (exact) mass is 167 g/mol. The Morgan fingerprint density at radius 3 is 2.83 bits per heavy atom. The quantitative estimate of drug-likeness (QED) is 0.292. The Kier molecular flexibility index (Phi) is 2.55. The predicted octanol–water partition coefficient (Wildman–Crippen LogP) is 2.83. The van der Waals surface area contributed by atoms with E-state index in [2.05, 4.69) is 25.6 Å². The van der Waals surface area contributed by atoms with Crippen molar-refractivity contribution in [1.82, 2.24) is 0 Å². The second kappa shape index (κ2) is 3.30. The van der Waals surface area contributed by atoms with Gasteiger partial charge in [-0.25, -0.2) is 0 Å². The third-order valence-corrected chi connectivity index (χ3v) is 3.20. The lowest BCUT2D eigenvalue weighted by molar-refractivity contribution is 0.301. The molecule has 1 saturated carbocycles. The summed E-state index contributed by atoms with van der Waals surface area (Å²) in [6.45, 7) is 8.50. The van der Waals surface area contributed by atoms with Crippen molar-refractivity contribution >= 4 is 6.21 Å². The minimum absolute atomic E-state index is 0.223. The van der Waals surface area contributed by atoms with Crippen LogP contribution in [0.4, 0.5) is 0 Å². The van der Waals surface area contributed by atoms with Gasteiger partial charge < -0.3 is 5.21 Å². The summed E-state index contributed by atoms with van der Waals surface area (Å²) in [5, 5.41) is 11.3. The summed E-state index contributed by atoms with van der Waals surface area (Å²) in [7, 11) is 0. The molecule has 68 valence electrons. The van der Waals surface area contributed by atoms with Gasteiger partial charge in [-0.1, -0.05) is 26.0 Å². The summed E-state index contributed by atoms with van der Waals surface area (Å²) in [5.41, 5.74) is 1.56. The Morgan fingerprint density at radius 2 is 2.42 bits per heavy atom. The second-order valence-corrected chi connectivity index (χ2v) is 4.09. The van der Waals surface area contributed by atoms with Gasteiger partial charge in [0.15, 0.2) is 0 Å². The van der Waals surface area contributed by atoms with E-state index in [1.807, 2.05) is 0 Å². The van der Waals surface area contributed by atoms with Gasteiger partial charge >= 0.3 is 0 Å². The normalized spacial score (nSPS) is 28.5. The zero-order chi connectivity index (χ0) is 9.19. The number of hydrogen-bond acceptors (Lipinski definition) is 2. The maximum Gasteiger partial charge on any atom is 0.0439 e. The van der Waals surface area contributed by atoms with Gasteiger partial charge in [-0.15, -0.1) is 5.16 Å². The highest BCUT2D eigenvalue weighted by Gasteiger charge is 2.36. The number of nitrogens with zero attached hydrogens (tertiary/aromatic N) is 1. The molecule has 2 nitrogen and oxygen atoms in total. The molecule has 1 rings (SSSR count). The summed E-state index contributed by atoms with van der Waals surface area (Å²) in [6.07, 6.45) is 4.75. The van der Waals surface area contributed by atoms with E-state index in [0.29, 0.717) is 5.92 Å². The van der Waals surface area contributed by atoms with E-state index in [4.69, 9.17) is 5.21 Å². The van der Waals surface area contributed by atoms with Gasteiger partial charge in [0.25, 0.3) is 0 Å². The van der Waals surface area contributed by atoms with Gasteiger partial charge in [0, 0.05) is 6.21 Å². The number of rotatable bonds is 2. The van der Waals surface area contributed by atoms with Crippen LogP contribution in [0.15, 0.2) is 17.3 Å². The molecule has 1 N–H and O–H groups in total. The summed E-state index contributed by atoms with van der Waals surface area (Å²) >= 11 is 0. The Hall–Kier alpha value is -0.790. The average molecular weight is 167 g/mol. The molecule has 1 aliphatic carbocycles. The zero-order valence-electron chi connectivity index (χ0n) is 7.88. The van der Waals surface area contributed by atoms with Crippen LogP contribution < -0.4 is 0 Å². The SMILES string of the molecule is C=C1CC[C@H](C/C=N/O)C1(C)C. The van der Waals surface area contributed by atoms with Crippen LogP contribution in [-0.2, 0) is 0 Å². The molecule has 0 aromatic rings. The summed E-state index contributed by atoms with van der Waals surface area (Å²) in [4.78, 5) is 0. The molecule has 0 radical (unpaired) electrons. The van der Waals surface area contributed by atoms with Crippen LogP contribution in [0.5, 0.6) is 0 Å². The van der Waals surface area contributed by atoms with Crippen molar-refractivity contribution in [3.8, 4) is 0 Å². The summed E-state index contributed by atoms with van der Waals surface area (Å²) in [6, 6.07) is 0. The van der Waals surface area contributed by atoms with Gasteiger partial charge in [-0.2, -0.15) is 0 Å². The van der Waals surface area contributed by atoms with Crippen LogP contribution in [0.25, 0.3) is 0 Å². The van der Waals surface area contributed by atoms with Crippen LogP contribution in [0.1, 0.15) is 33.1 Å². The maximum absolute atomic E-state index is 8.31. The minimum atomic E-state index is 0.223. The first-order valence-corrected chi connectivity index (χ1v) is 4.43. The van der Waals surface area contributed by atoms with Crippen molar-refractivity contribution in [3.63, 3.8) is 0 Å². The first-order chi connectivity index (χ1) is 5.59. The lowest BCUT2D eigenvalue weighted by atomic mass is 9.78. The van der Waals surface area contributed by atoms with Crippen molar-refractivity contribution in [2.24, 2.45) is 16.5 Å². The van der Waals surface area contributed by atoms with E-state index in [9.17, 15) is 0 Å². The van der Waals surface area contributed by atoms with E-state index in [0.717, 1.165) is 12.8 Å². The summed E-state index contributed by atoms with van der Waals surface area (Å²) < 4.78 is 0. The molecule has 0 aromatic heterocycles. The fourth-order valence-corrected chi connectivity index (χ4v) is 1.91. The molecule has 0 heterocycles. The molecule has 0 aromatic carbocycles. The Morgan fingerprint density at radius 1 is 1.75 bits per heavy atom. The van der Waals surface area contributed by atoms with Gasteiger partial charge in [-0.3, -0.25) is 0 Å². The summed E-state index contributed by atoms with van der Waals surface area (Å²) in [5.74, 6) is 0.598. The second-order valence-electron chi connectivity index (χ2n) is 4.09. The largest absolute Gasteiger partial charge is 0.411 e. The van der Waals surface area contributed by atoms with Gasteiger partial charge in [0.1, 0.15) is 0 Å². The molecule has 0 unspecified atom stereocenters. The number of oxime groups is 1. The molecule has 1 aliphatic rings. The van der Waals surface area contributed by atoms with Crippen LogP contribution in [0.3, 0.4) is 0 Å². The third kappa shape index (κ3) is 1.52. The van der Waals surface area contributed by atoms with E-state index in [1.165, 1.54) is 12.0 Å². The molecule has 0 amide bonds. The molecule has 0 bridgehead atoms. The minimum Gasteiger partial charge on any atom is -0.411 e. The van der Waals surface area contributed by atoms with E-state index < -0.39 is 0 Å². The molecular weight excluding hydrogens is 150 g/mol. The van der Waals surface area contributed by atoms with Crippen LogP contribution in [-0.4, -0.2) is 11.4 Å². The predicted molar refractivity (Wildman–Crippen MR) is 50.5 cm³/mol. The van der Waals surface area contributed by atoms with Crippen molar-refractivity contribution < 1.29 is 5.21 Å². The third-order valence-electron chi connectivity index (χ3n) is 3.20. The highest BCUT2D eigenvalue weighted by Crippen LogP contribution is 2.47. The average Bonchev–Trinajstić information content (AvgIpc) is 2.25. The number of allylic oxidation sites excluding steroid dienone is 1. The topological polar surface area (TPSA) is 32.6 Å². The molecule has 0 aliphatic heterocycles. The fourth-order valence-electron chi connectivity index (χ4n) is 1.91. The highest BCUT2D eigenvalue weighted by atomic mass is 16.4. The van der Waals surface area contributed by atoms with E-state index in [1.54, 1.807) is 6.21 Å². The van der Waals surface area contributed by atoms with Crippen molar-refractivity contribution in [1.29, 1.82) is 0 Å². The fraction of sp³-hybridized carbons (Fsp3) is 0.700. The first kappa shape index (κ1) is 9.30. The zero-order valence-corrected chi connectivity index (χ0v) is 7.88. The van der Waals surface area contributed by atoms with Gasteiger partial charge in [0.05, 0.1) is 0 Å². The Balaban J connectivity index is 2.62. The molecular formula is C10H17NO. The smallest absolute Gasteiger partial charge is 0.0439 e. The standard InChI is InChI=1S/C10H17NO/c1-8-4-5-9(6-7-11-12)10(8,2)3/h7,9,12H,1,4-6H2,2-3H3/b11-7+/t9-/m1/s1. The van der Waals surface area contributed by atoms with Crippen molar-refractivity contribution in [3.05, 3.63) is 12.2 Å². The van der Waals surface area contributed by atoms with Gasteiger partial charge in [-0.05, 0) is 30.6 Å². The van der Waals surface area contributed by atoms with Crippen molar-refractivity contribution in [2.75, 3.05) is 0 Å². The molecule has 0 saturated heterocycles. The molecule has 1 atom stereocenters. The molecule has 12 heavy (non-hydrogen) atoms. The Bertz CT molecular complexity index is 206. The maximum atomic E-state index is 8.31. The lowest BCUT2D eigenvalue weighted by Gasteiger charge is -2.26. The Labute approximate surface area is 74.0 Å². The van der Waals surface area contributed by atoms with Crippen molar-refractivity contribution in [2.45, 2.75) is 33.1 Å². The van der Waals surface area contributed by atoms with Crippen LogP contribution in [0.2, 0.25) is 0 Å². The van der Waals surface area contributed by atoms with Crippen LogP contribution in [0, 0.1) is 11.3 Å². The molecule has 2 heteroatoms. The number of hydrogen-bond donors (Lipinski definition) is 1. The van der Waals surface area contributed by atoms with E-state index in [-0.39, 0.29) is 5.41 Å². The van der Waals surface area contributed by atoms with Gasteiger partial charge in [0.2, 0.25) is 0 Å². The van der Waals surface area contributed by atoms with E-state index >= 15 is 0 Å². The lowest BCUT2D eigenvalue weighted by Crippen LogP contribution is -2.19. The van der Waals surface area contributed by atoms with Crippen LogP contribution >= 0.6 is 0 Å². The molecule has 0 spiro atoms.